The van der Waals surface area contributed by atoms with E-state index in [0.29, 0.717) is 5.71 Å². The van der Waals surface area contributed by atoms with Crippen molar-refractivity contribution in [1.29, 1.82) is 0 Å². The molecule has 202 valence electrons. The minimum Gasteiger partial charge on any atom is -0.437 e. The van der Waals surface area contributed by atoms with Crippen LogP contribution in [0.2, 0.25) is 0 Å². The molecule has 7 rings (SSSR count). The predicted octanol–water partition coefficient (Wildman–Crippen LogP) is 10.3. The molecule has 0 bridgehead atoms. The fourth-order valence-electron chi connectivity index (χ4n) is 6.90. The van der Waals surface area contributed by atoms with Crippen LogP contribution in [0.3, 0.4) is 0 Å². The Labute approximate surface area is 236 Å². The molecular weight excluding hydrogens is 488 g/mol. The van der Waals surface area contributed by atoms with Crippen LogP contribution in [0.1, 0.15) is 83.8 Å². The molecule has 0 amide bonds. The van der Waals surface area contributed by atoms with Gasteiger partial charge in [-0.15, -0.1) is 0 Å². The Kier molecular flexibility index (Phi) is 5.15. The first-order chi connectivity index (χ1) is 18.8. The van der Waals surface area contributed by atoms with Gasteiger partial charge in [0.2, 0.25) is 5.71 Å². The van der Waals surface area contributed by atoms with Crippen molar-refractivity contribution in [1.82, 2.24) is 9.97 Å². The third kappa shape index (κ3) is 3.70. The first-order valence-electron chi connectivity index (χ1n) is 14.6. The van der Waals surface area contributed by atoms with Gasteiger partial charge in [0.15, 0.2) is 0 Å². The Hall–Kier alpha value is -3.72. The summed E-state index contributed by atoms with van der Waals surface area (Å²) >= 11 is 0. The summed E-state index contributed by atoms with van der Waals surface area (Å²) in [6.07, 6.45) is 2.38. The molecule has 2 heterocycles. The van der Waals surface area contributed by atoms with Crippen LogP contribution in [0.25, 0.3) is 54.9 Å². The van der Waals surface area contributed by atoms with E-state index in [-0.39, 0.29) is 16.2 Å². The second-order valence-electron chi connectivity index (χ2n) is 14.2. The maximum absolute atomic E-state index is 6.65. The number of nitrogens with zero attached hydrogens (tertiary/aromatic N) is 2. The van der Waals surface area contributed by atoms with Crippen molar-refractivity contribution in [2.24, 2.45) is 0 Å². The highest BCUT2D eigenvalue weighted by molar-refractivity contribution is 6.18. The van der Waals surface area contributed by atoms with Crippen LogP contribution in [0, 0.1) is 6.92 Å². The molecule has 0 saturated carbocycles. The van der Waals surface area contributed by atoms with E-state index in [9.17, 15) is 0 Å². The summed E-state index contributed by atoms with van der Waals surface area (Å²) in [4.78, 5) is 9.85. The zero-order valence-electron chi connectivity index (χ0n) is 25.0. The van der Waals surface area contributed by atoms with Crippen LogP contribution < -0.4 is 0 Å². The smallest absolute Gasteiger partial charge is 0.231 e. The van der Waals surface area contributed by atoms with Gasteiger partial charge in [-0.1, -0.05) is 84.9 Å². The van der Waals surface area contributed by atoms with Gasteiger partial charge in [-0.05, 0) is 93.1 Å². The number of furan rings is 1. The van der Waals surface area contributed by atoms with E-state index in [4.69, 9.17) is 14.4 Å². The van der Waals surface area contributed by atoms with Crippen LogP contribution >= 0.6 is 0 Å². The monoisotopic (exact) mass is 526 g/mol. The number of rotatable bonds is 1. The molecule has 0 saturated heterocycles. The summed E-state index contributed by atoms with van der Waals surface area (Å²) in [5, 5.41) is 6.98. The van der Waals surface area contributed by atoms with Gasteiger partial charge in [-0.2, -0.15) is 4.98 Å². The van der Waals surface area contributed by atoms with Crippen molar-refractivity contribution >= 4 is 43.6 Å². The molecular formula is C37H38N2O. The predicted molar refractivity (Wildman–Crippen MR) is 168 cm³/mol. The summed E-state index contributed by atoms with van der Waals surface area (Å²) in [7, 11) is 0. The normalized spacial score (nSPS) is 16.7. The van der Waals surface area contributed by atoms with Crippen LogP contribution in [0.4, 0.5) is 0 Å². The molecule has 0 unspecified atom stereocenters. The molecule has 3 heteroatoms. The van der Waals surface area contributed by atoms with E-state index < -0.39 is 0 Å². The first-order valence-corrected chi connectivity index (χ1v) is 14.6. The van der Waals surface area contributed by atoms with Crippen LogP contribution in [-0.2, 0) is 16.2 Å². The second-order valence-corrected chi connectivity index (χ2v) is 14.2. The Morgan fingerprint density at radius 3 is 2.12 bits per heavy atom. The van der Waals surface area contributed by atoms with E-state index in [1.54, 1.807) is 0 Å². The summed E-state index contributed by atoms with van der Waals surface area (Å²) in [6.45, 7) is 18.3. The Morgan fingerprint density at radius 1 is 0.725 bits per heavy atom. The van der Waals surface area contributed by atoms with E-state index >= 15 is 0 Å². The molecule has 0 atom stereocenters. The maximum atomic E-state index is 6.65. The number of benzene rings is 4. The highest BCUT2D eigenvalue weighted by Gasteiger charge is 2.37. The number of aryl methyl sites for hydroxylation is 1. The van der Waals surface area contributed by atoms with Gasteiger partial charge in [0.25, 0.3) is 0 Å². The summed E-state index contributed by atoms with van der Waals surface area (Å²) in [6, 6.07) is 22.5. The minimum absolute atomic E-state index is 0.00879. The highest BCUT2D eigenvalue weighted by Crippen LogP contribution is 2.48. The Bertz CT molecular complexity index is 2000. The first kappa shape index (κ1) is 25.3. The van der Waals surface area contributed by atoms with Crippen molar-refractivity contribution in [3.05, 3.63) is 83.2 Å². The largest absolute Gasteiger partial charge is 0.437 e. The zero-order valence-corrected chi connectivity index (χ0v) is 25.0. The fourth-order valence-corrected chi connectivity index (χ4v) is 6.90. The average molecular weight is 527 g/mol. The van der Waals surface area contributed by atoms with E-state index in [1.165, 1.54) is 45.7 Å². The molecule has 0 radical (unpaired) electrons. The lowest BCUT2D eigenvalue weighted by Crippen LogP contribution is -2.33. The van der Waals surface area contributed by atoms with Crippen molar-refractivity contribution in [2.45, 2.75) is 84.5 Å². The van der Waals surface area contributed by atoms with Crippen molar-refractivity contribution in [3.8, 4) is 11.3 Å². The van der Waals surface area contributed by atoms with Crippen molar-refractivity contribution in [2.75, 3.05) is 0 Å². The van der Waals surface area contributed by atoms with Crippen LogP contribution in [-0.4, -0.2) is 9.97 Å². The molecule has 1 aliphatic rings. The SMILES string of the molecule is Cc1nc(-c2cc(C(C)(C)C)c3ccccc3c2)c2c(n1)oc1c3cc4c(cc3ccc12)C(C)(C)CCC4(C)C. The molecule has 3 nitrogen and oxygen atoms in total. The Morgan fingerprint density at radius 2 is 1.40 bits per heavy atom. The quantitative estimate of drug-likeness (QED) is 0.214. The van der Waals surface area contributed by atoms with Crippen LogP contribution in [0.5, 0.6) is 0 Å². The number of hydrogen-bond donors (Lipinski definition) is 0. The molecule has 2 aromatic heterocycles. The molecule has 6 aromatic rings. The highest BCUT2D eigenvalue weighted by atomic mass is 16.3. The molecule has 0 fully saturated rings. The van der Waals surface area contributed by atoms with E-state index in [2.05, 4.69) is 109 Å². The molecule has 1 aliphatic carbocycles. The van der Waals surface area contributed by atoms with Gasteiger partial charge in [0.1, 0.15) is 11.4 Å². The standard InChI is InChI=1S/C37H38N2O/c1-21-38-32(24-17-22-11-9-10-12-25(22)28(19-24)35(2,3)4)31-26-14-13-23-18-29-30(37(7,8)16-15-36(29,5)6)20-27(23)33(26)40-34(31)39-21/h9-14,17-20H,15-16H2,1-8H3. The molecule has 0 aliphatic heterocycles. The topological polar surface area (TPSA) is 38.9 Å². The number of aromatic nitrogens is 2. The summed E-state index contributed by atoms with van der Waals surface area (Å²) in [5.41, 5.74) is 8.13. The maximum Gasteiger partial charge on any atom is 0.231 e. The molecule has 0 N–H and O–H groups in total. The number of hydrogen-bond acceptors (Lipinski definition) is 3. The van der Waals surface area contributed by atoms with E-state index in [0.717, 1.165) is 38.8 Å². The van der Waals surface area contributed by atoms with Crippen LogP contribution in [0.15, 0.2) is 65.1 Å². The van der Waals surface area contributed by atoms with Gasteiger partial charge in [-0.3, -0.25) is 0 Å². The van der Waals surface area contributed by atoms with E-state index in [1.807, 2.05) is 6.92 Å². The van der Waals surface area contributed by atoms with Gasteiger partial charge in [0.05, 0.1) is 11.1 Å². The lowest BCUT2D eigenvalue weighted by atomic mass is 9.63. The zero-order chi connectivity index (χ0) is 28.2. The third-order valence-electron chi connectivity index (χ3n) is 9.34. The molecule has 0 spiro atoms. The summed E-state index contributed by atoms with van der Waals surface area (Å²) < 4.78 is 6.65. The molecule has 40 heavy (non-hydrogen) atoms. The van der Waals surface area contributed by atoms with Gasteiger partial charge in [-0.25, -0.2) is 4.98 Å². The number of fused-ring (bicyclic) bond motifs is 7. The van der Waals surface area contributed by atoms with Gasteiger partial charge < -0.3 is 4.42 Å². The summed E-state index contributed by atoms with van der Waals surface area (Å²) in [5.74, 6) is 0.719. The third-order valence-corrected chi connectivity index (χ3v) is 9.34. The molecule has 4 aromatic carbocycles. The van der Waals surface area contributed by atoms with Crippen molar-refractivity contribution in [3.63, 3.8) is 0 Å². The fraction of sp³-hybridized carbons (Fsp3) is 0.351. The van der Waals surface area contributed by atoms with Gasteiger partial charge >= 0.3 is 0 Å². The van der Waals surface area contributed by atoms with Crippen molar-refractivity contribution < 1.29 is 4.42 Å². The average Bonchev–Trinajstić information content (AvgIpc) is 3.27. The minimum atomic E-state index is -0.00879. The van der Waals surface area contributed by atoms with Gasteiger partial charge in [0, 0.05) is 16.3 Å². The lowest BCUT2D eigenvalue weighted by molar-refractivity contribution is 0.332. The Balaban J connectivity index is 1.56. The second kappa shape index (κ2) is 8.16. The lowest BCUT2D eigenvalue weighted by Gasteiger charge is -2.42.